The van der Waals surface area contributed by atoms with Crippen LogP contribution in [0.25, 0.3) is 11.2 Å². The average Bonchev–Trinajstić information content (AvgIpc) is 3.02. The summed E-state index contributed by atoms with van der Waals surface area (Å²) in [6.45, 7) is 8.63. The molecule has 0 saturated heterocycles. The number of nitrogens with two attached hydrogens (primary N) is 1. The standard InChI is InChI=1S/C16H25AsN6O5P/c1-10(2)22-28-29(26,17-16(4,5)15(24)25)9-27-11(3)6-23-8-21-12-13(18)19-7-20-14(12)23/h7-8,11H,6,9H2,1-5H3,(H,24,25)(H2,18,19,20)/t11-,29+/m1/s1. The molecule has 3 N–H and O–H groups in total. The molecule has 0 unspecified atom stereocenters. The quantitative estimate of drug-likeness (QED) is 0.222. The topological polar surface area (TPSA) is 155 Å². The molecule has 2 rings (SSSR count). The molecular formula is C16H25AsN6O5P. The van der Waals surface area contributed by atoms with E-state index < -0.39 is 31.4 Å². The summed E-state index contributed by atoms with van der Waals surface area (Å²) in [5.74, 6) is -4.16. The minimum atomic E-state index is -3.42. The fraction of sp³-hybridized carbons (Fsp3) is 0.562. The van der Waals surface area contributed by atoms with Crippen LogP contribution in [0.3, 0.4) is 0 Å². The van der Waals surface area contributed by atoms with E-state index in [0.717, 1.165) is 0 Å². The number of imidazole rings is 1. The summed E-state index contributed by atoms with van der Waals surface area (Å²) in [5.41, 5.74) is 7.43. The van der Waals surface area contributed by atoms with Gasteiger partial charge < -0.3 is 0 Å². The SMILES string of the molecule is CC(C)=NO[P@@](=O)(CO[C@H](C)Cn1cnc2c(N)ncnc21)[As]C(C)(C)C(=O)O. The summed E-state index contributed by atoms with van der Waals surface area (Å²) in [7, 11) is 0. The predicted molar refractivity (Wildman–Crippen MR) is 110 cm³/mol. The van der Waals surface area contributed by atoms with Crippen LogP contribution in [-0.4, -0.2) is 64.1 Å². The Morgan fingerprint density at radius 1 is 1.41 bits per heavy atom. The zero-order chi connectivity index (χ0) is 21.8. The van der Waals surface area contributed by atoms with E-state index in [0.29, 0.717) is 23.4 Å². The molecule has 2 heterocycles. The number of carbonyl (C=O) groups is 1. The number of aliphatic carboxylic acids is 1. The van der Waals surface area contributed by atoms with E-state index in [2.05, 4.69) is 20.1 Å². The summed E-state index contributed by atoms with van der Waals surface area (Å²) < 4.78 is 24.9. The Bertz CT molecular complexity index is 958. The maximum absolute atomic E-state index is 13.3. The second kappa shape index (κ2) is 9.24. The average molecular weight is 487 g/mol. The molecule has 0 bridgehead atoms. The second-order valence-corrected chi connectivity index (χ2v) is 16.5. The van der Waals surface area contributed by atoms with Crippen LogP contribution >= 0.6 is 5.93 Å². The zero-order valence-electron chi connectivity index (χ0n) is 16.9. The van der Waals surface area contributed by atoms with Crippen LogP contribution in [-0.2, 0) is 25.3 Å². The molecule has 13 heteroatoms. The molecule has 0 amide bonds. The molecule has 29 heavy (non-hydrogen) atoms. The third-order valence-corrected chi connectivity index (χ3v) is 12.0. The van der Waals surface area contributed by atoms with Crippen molar-refractivity contribution in [2.75, 3.05) is 12.1 Å². The van der Waals surface area contributed by atoms with Gasteiger partial charge in [-0.25, -0.2) is 0 Å². The van der Waals surface area contributed by atoms with Crippen molar-refractivity contribution >= 4 is 49.9 Å². The third-order valence-electron chi connectivity index (χ3n) is 3.68. The number of carboxylic acid groups (broad SMARTS) is 1. The first kappa shape index (κ1) is 23.3. The zero-order valence-corrected chi connectivity index (χ0v) is 19.7. The molecule has 2 aromatic rings. The first-order valence-corrected chi connectivity index (χ1v) is 13.9. The summed E-state index contributed by atoms with van der Waals surface area (Å²) in [4.78, 5) is 23.7. The van der Waals surface area contributed by atoms with Crippen molar-refractivity contribution in [3.8, 4) is 0 Å². The molecule has 0 fully saturated rings. The number of anilines is 1. The van der Waals surface area contributed by atoms with Gasteiger partial charge in [-0.15, -0.1) is 0 Å². The minimum absolute atomic E-state index is 0.231. The van der Waals surface area contributed by atoms with E-state index in [-0.39, 0.29) is 18.3 Å². The summed E-state index contributed by atoms with van der Waals surface area (Å²) >= 11 is -1.24. The van der Waals surface area contributed by atoms with Crippen molar-refractivity contribution in [3.05, 3.63) is 12.7 Å². The van der Waals surface area contributed by atoms with Crippen LogP contribution in [0.15, 0.2) is 17.8 Å². The van der Waals surface area contributed by atoms with Crippen LogP contribution in [0.5, 0.6) is 0 Å². The van der Waals surface area contributed by atoms with Gasteiger partial charge in [-0.3, -0.25) is 0 Å². The Labute approximate surface area is 174 Å². The number of ether oxygens (including phenoxy) is 1. The van der Waals surface area contributed by atoms with Crippen LogP contribution in [0.4, 0.5) is 5.82 Å². The third kappa shape index (κ3) is 6.26. The molecular weight excluding hydrogens is 462 g/mol. The molecule has 0 spiro atoms. The Hall–Kier alpha value is -1.96. The Kier molecular flexibility index (Phi) is 7.43. The van der Waals surface area contributed by atoms with Gasteiger partial charge in [-0.1, -0.05) is 0 Å². The Morgan fingerprint density at radius 3 is 2.72 bits per heavy atom. The van der Waals surface area contributed by atoms with Gasteiger partial charge in [-0.2, -0.15) is 0 Å². The van der Waals surface area contributed by atoms with Gasteiger partial charge in [0.2, 0.25) is 0 Å². The monoisotopic (exact) mass is 487 g/mol. The number of hydrogen-bond acceptors (Lipinski definition) is 9. The normalized spacial score (nSPS) is 15.3. The number of aromatic nitrogens is 4. The molecule has 2 aromatic heterocycles. The van der Waals surface area contributed by atoms with Crippen molar-refractivity contribution in [1.29, 1.82) is 0 Å². The first-order chi connectivity index (χ1) is 13.4. The van der Waals surface area contributed by atoms with E-state index >= 15 is 0 Å². The van der Waals surface area contributed by atoms with Crippen molar-refractivity contribution in [2.24, 2.45) is 5.16 Å². The number of nitrogen functional groups attached to an aromatic ring is 1. The van der Waals surface area contributed by atoms with Gasteiger partial charge in [0.05, 0.1) is 0 Å². The molecule has 0 aromatic carbocycles. The van der Waals surface area contributed by atoms with Gasteiger partial charge in [0, 0.05) is 0 Å². The number of oxime groups is 1. The molecule has 0 aliphatic rings. The molecule has 0 saturated carbocycles. The van der Waals surface area contributed by atoms with E-state index in [9.17, 15) is 14.5 Å². The van der Waals surface area contributed by atoms with Gasteiger partial charge in [-0.05, 0) is 0 Å². The predicted octanol–water partition coefficient (Wildman–Crippen LogP) is 2.36. The fourth-order valence-electron chi connectivity index (χ4n) is 2.22. The maximum atomic E-state index is 13.3. The van der Waals surface area contributed by atoms with Gasteiger partial charge in [0.25, 0.3) is 0 Å². The van der Waals surface area contributed by atoms with Crippen molar-refractivity contribution in [3.63, 3.8) is 0 Å². The number of rotatable bonds is 10. The van der Waals surface area contributed by atoms with E-state index in [1.807, 2.05) is 0 Å². The molecule has 0 aliphatic heterocycles. The second-order valence-electron chi connectivity index (χ2n) is 7.16. The van der Waals surface area contributed by atoms with Crippen molar-refractivity contribution < 1.29 is 23.8 Å². The molecule has 11 nitrogen and oxygen atoms in total. The summed E-state index contributed by atoms with van der Waals surface area (Å²) in [5, 5.41) is 13.2. The van der Waals surface area contributed by atoms with E-state index in [4.69, 9.17) is 15.1 Å². The van der Waals surface area contributed by atoms with E-state index in [1.165, 1.54) is 20.2 Å². The summed E-state index contributed by atoms with van der Waals surface area (Å²) in [6, 6.07) is 0. The summed E-state index contributed by atoms with van der Waals surface area (Å²) in [6.07, 6.45) is 2.33. The number of hydrogen-bond donors (Lipinski definition) is 2. The van der Waals surface area contributed by atoms with Crippen molar-refractivity contribution in [1.82, 2.24) is 19.5 Å². The van der Waals surface area contributed by atoms with Crippen LogP contribution in [0.1, 0.15) is 34.6 Å². The van der Waals surface area contributed by atoms with Crippen molar-refractivity contribution in [2.45, 2.75) is 51.5 Å². The number of nitrogens with zero attached hydrogens (tertiary/aromatic N) is 5. The van der Waals surface area contributed by atoms with E-state index in [1.54, 1.807) is 31.7 Å². The first-order valence-electron chi connectivity index (χ1n) is 8.73. The van der Waals surface area contributed by atoms with Crippen LogP contribution in [0, 0.1) is 0 Å². The molecule has 2 atom stereocenters. The fourth-order valence-corrected chi connectivity index (χ4v) is 10.5. The van der Waals surface area contributed by atoms with Gasteiger partial charge >= 0.3 is 175 Å². The molecule has 1 radical (unpaired) electrons. The van der Waals surface area contributed by atoms with Gasteiger partial charge in [0.1, 0.15) is 0 Å². The van der Waals surface area contributed by atoms with Gasteiger partial charge in [0.15, 0.2) is 0 Å². The number of carboxylic acids is 1. The Morgan fingerprint density at radius 2 is 2.10 bits per heavy atom. The van der Waals surface area contributed by atoms with Crippen LogP contribution < -0.4 is 5.73 Å². The Balaban J connectivity index is 2.10. The van der Waals surface area contributed by atoms with Crippen LogP contribution in [0.2, 0.25) is 4.20 Å². The molecule has 159 valence electrons. The molecule has 0 aliphatic carbocycles. The number of fused-ring (bicyclic) bond motifs is 1.